The Kier molecular flexibility index (Phi) is 6.87. The van der Waals surface area contributed by atoms with Crippen LogP contribution in [0.2, 0.25) is 0 Å². The van der Waals surface area contributed by atoms with Gasteiger partial charge in [0.25, 0.3) is 0 Å². The van der Waals surface area contributed by atoms with Crippen LogP contribution in [0.3, 0.4) is 0 Å². The minimum Gasteiger partial charge on any atom is -0.459 e. The number of fused-ring (bicyclic) bond motifs is 1. The third-order valence-electron chi connectivity index (χ3n) is 7.68. The maximum atomic E-state index is 13.7. The molecule has 1 saturated heterocycles. The summed E-state index contributed by atoms with van der Waals surface area (Å²) in [6.45, 7) is 20.0. The first kappa shape index (κ1) is 24.5. The highest BCUT2D eigenvalue weighted by Gasteiger charge is 2.37. The zero-order valence-corrected chi connectivity index (χ0v) is 21.6. The molecule has 1 aromatic carbocycles. The van der Waals surface area contributed by atoms with Crippen LogP contribution in [-0.4, -0.2) is 57.9 Å². The number of nitrogens with one attached hydrogen (secondary N) is 1. The number of aromatic amines is 1. The number of benzene rings is 1. The second kappa shape index (κ2) is 10.1. The smallest absolute Gasteiger partial charge is 0.331 e. The largest absolute Gasteiger partial charge is 0.459 e. The van der Waals surface area contributed by atoms with Crippen molar-refractivity contribution in [3.63, 3.8) is 0 Å². The van der Waals surface area contributed by atoms with Crippen molar-refractivity contribution >= 4 is 17.3 Å². The summed E-state index contributed by atoms with van der Waals surface area (Å²) in [6, 6.07) is 8.09. The Morgan fingerprint density at radius 1 is 1.17 bits per heavy atom. The normalized spacial score (nSPS) is 25.1. The first-order valence-electron chi connectivity index (χ1n) is 12.9. The molecular formula is C28H35N5O3. The molecule has 2 aromatic heterocycles. The quantitative estimate of drug-likeness (QED) is 0.391. The number of aromatic nitrogens is 3. The van der Waals surface area contributed by atoms with E-state index in [4.69, 9.17) is 21.0 Å². The van der Waals surface area contributed by atoms with E-state index in [1.165, 1.54) is 0 Å². The van der Waals surface area contributed by atoms with Crippen molar-refractivity contribution in [2.45, 2.75) is 53.2 Å². The molecule has 1 saturated carbocycles. The minimum absolute atomic E-state index is 0.166. The summed E-state index contributed by atoms with van der Waals surface area (Å²) in [4.78, 5) is 24.6. The van der Waals surface area contributed by atoms with Crippen LogP contribution >= 0.6 is 0 Å². The number of hydrogen-bond donors (Lipinski definition) is 1. The standard InChI is InChI=1S/C28H35N5O3/c1-17-6-8-21(9-7-17)26-30-27-23(28(34)36-25-19(3)14-18(2)15-20(25)4)24(29-5)22(33(27)31-26)16-32-10-12-35-13-11-32/h6-9,18-20,25H,10-16H2,1-4H3,(H,30,31). The Balaban J connectivity index is 1.56. The highest BCUT2D eigenvalue weighted by Crippen LogP contribution is 2.38. The molecule has 2 aliphatic rings. The molecule has 0 radical (unpaired) electrons. The molecule has 2 atom stereocenters. The van der Waals surface area contributed by atoms with Crippen LogP contribution in [0.4, 0.5) is 5.69 Å². The van der Waals surface area contributed by atoms with Crippen LogP contribution in [0.1, 0.15) is 55.2 Å². The lowest BCUT2D eigenvalue weighted by Gasteiger charge is -2.37. The Bertz CT molecular complexity index is 1270. The van der Waals surface area contributed by atoms with Gasteiger partial charge in [0.15, 0.2) is 11.5 Å². The maximum absolute atomic E-state index is 13.7. The van der Waals surface area contributed by atoms with Crippen molar-refractivity contribution < 1.29 is 14.3 Å². The van der Waals surface area contributed by atoms with Crippen molar-refractivity contribution in [2.24, 2.45) is 17.8 Å². The fourth-order valence-corrected chi connectivity index (χ4v) is 5.93. The van der Waals surface area contributed by atoms with Gasteiger partial charge in [-0.3, -0.25) is 14.5 Å². The highest BCUT2D eigenvalue weighted by atomic mass is 16.5. The van der Waals surface area contributed by atoms with Crippen LogP contribution in [0.25, 0.3) is 21.9 Å². The van der Waals surface area contributed by atoms with Crippen molar-refractivity contribution in [3.05, 3.63) is 52.5 Å². The van der Waals surface area contributed by atoms with E-state index in [0.717, 1.165) is 42.8 Å². The topological polar surface area (TPSA) is 76.2 Å². The molecule has 2 fully saturated rings. The molecule has 8 heteroatoms. The molecule has 5 rings (SSSR count). The molecule has 0 amide bonds. The van der Waals surface area contributed by atoms with E-state index < -0.39 is 5.97 Å². The Morgan fingerprint density at radius 2 is 1.83 bits per heavy atom. The van der Waals surface area contributed by atoms with Gasteiger partial charge in [-0.1, -0.05) is 50.6 Å². The first-order valence-corrected chi connectivity index (χ1v) is 12.9. The average Bonchev–Trinajstić information content (AvgIpc) is 3.40. The molecule has 190 valence electrons. The first-order chi connectivity index (χ1) is 17.4. The number of carbonyl (C=O) groups is 1. The van der Waals surface area contributed by atoms with Crippen LogP contribution in [0.15, 0.2) is 24.3 Å². The number of aryl methyl sites for hydroxylation is 1. The number of rotatable bonds is 5. The molecule has 1 N–H and O–H groups in total. The Hall–Kier alpha value is -3.15. The minimum atomic E-state index is -0.452. The van der Waals surface area contributed by atoms with Gasteiger partial charge in [0.1, 0.15) is 11.7 Å². The fraction of sp³-hybridized carbons (Fsp3) is 0.536. The van der Waals surface area contributed by atoms with E-state index in [2.05, 4.69) is 35.6 Å². The van der Waals surface area contributed by atoms with E-state index in [-0.39, 0.29) is 23.5 Å². The van der Waals surface area contributed by atoms with E-state index >= 15 is 0 Å². The van der Waals surface area contributed by atoms with Crippen molar-refractivity contribution in [2.75, 3.05) is 26.3 Å². The SMILES string of the molecule is [C-]#[N+]c1c(C(=O)OC2C(C)CC(C)CC2C)c2nc(-c3ccc(C)cc3)[nH]n2c1CN1CCOCC1. The van der Waals surface area contributed by atoms with Gasteiger partial charge in [-0.05, 0) is 37.5 Å². The van der Waals surface area contributed by atoms with Gasteiger partial charge >= 0.3 is 5.97 Å². The van der Waals surface area contributed by atoms with Gasteiger partial charge < -0.3 is 9.47 Å². The number of carbonyl (C=O) groups excluding carboxylic acids is 1. The number of hydrogen-bond acceptors (Lipinski definition) is 5. The molecule has 8 nitrogen and oxygen atoms in total. The van der Waals surface area contributed by atoms with Crippen LogP contribution in [0, 0.1) is 31.2 Å². The highest BCUT2D eigenvalue weighted by molar-refractivity contribution is 6.04. The average molecular weight is 490 g/mol. The Labute approximate surface area is 212 Å². The summed E-state index contributed by atoms with van der Waals surface area (Å²) < 4.78 is 13.5. The number of H-pyrrole nitrogens is 1. The summed E-state index contributed by atoms with van der Waals surface area (Å²) in [7, 11) is 0. The summed E-state index contributed by atoms with van der Waals surface area (Å²) in [5, 5.41) is 3.36. The van der Waals surface area contributed by atoms with Crippen LogP contribution < -0.4 is 0 Å². The predicted octanol–water partition coefficient (Wildman–Crippen LogP) is 5.25. The molecule has 3 aromatic rings. The van der Waals surface area contributed by atoms with Gasteiger partial charge in [-0.25, -0.2) is 14.6 Å². The van der Waals surface area contributed by atoms with Gasteiger partial charge in [0.05, 0.1) is 25.5 Å². The van der Waals surface area contributed by atoms with Gasteiger partial charge in [0.2, 0.25) is 5.69 Å². The van der Waals surface area contributed by atoms with Gasteiger partial charge in [-0.2, -0.15) is 0 Å². The zero-order chi connectivity index (χ0) is 25.4. The zero-order valence-electron chi connectivity index (χ0n) is 21.6. The molecule has 3 heterocycles. The summed E-state index contributed by atoms with van der Waals surface area (Å²) in [6.07, 6.45) is 1.90. The molecule has 1 aliphatic carbocycles. The molecule has 0 spiro atoms. The molecule has 2 unspecified atom stereocenters. The second-order valence-electron chi connectivity index (χ2n) is 10.7. The van der Waals surface area contributed by atoms with Gasteiger partial charge in [-0.15, -0.1) is 0 Å². The van der Waals surface area contributed by atoms with E-state index in [1.807, 2.05) is 35.7 Å². The molecule has 36 heavy (non-hydrogen) atoms. The fourth-order valence-electron chi connectivity index (χ4n) is 5.93. The van der Waals surface area contributed by atoms with Crippen LogP contribution in [0.5, 0.6) is 0 Å². The summed E-state index contributed by atoms with van der Waals surface area (Å²) >= 11 is 0. The lowest BCUT2D eigenvalue weighted by atomic mass is 9.75. The molecular weight excluding hydrogens is 454 g/mol. The van der Waals surface area contributed by atoms with Crippen molar-refractivity contribution in [3.8, 4) is 11.4 Å². The predicted molar refractivity (Wildman–Crippen MR) is 138 cm³/mol. The lowest BCUT2D eigenvalue weighted by molar-refractivity contribution is -0.0249. The van der Waals surface area contributed by atoms with Crippen molar-refractivity contribution in [1.82, 2.24) is 19.5 Å². The Morgan fingerprint density at radius 3 is 2.47 bits per heavy atom. The van der Waals surface area contributed by atoms with Gasteiger partial charge in [0, 0.05) is 25.2 Å². The number of morpholine rings is 1. The van der Waals surface area contributed by atoms with Crippen LogP contribution in [-0.2, 0) is 16.0 Å². The van der Waals surface area contributed by atoms with Crippen molar-refractivity contribution in [1.29, 1.82) is 0 Å². The van der Waals surface area contributed by atoms with E-state index in [0.29, 0.717) is 42.8 Å². The number of esters is 1. The number of nitrogens with zero attached hydrogens (tertiary/aromatic N) is 4. The summed E-state index contributed by atoms with van der Waals surface area (Å²) in [5.74, 6) is 1.38. The number of ether oxygens (including phenoxy) is 2. The molecule has 1 aliphatic heterocycles. The van der Waals surface area contributed by atoms with E-state index in [1.54, 1.807) is 0 Å². The monoisotopic (exact) mass is 489 g/mol. The van der Waals surface area contributed by atoms with E-state index in [9.17, 15) is 4.79 Å². The third kappa shape index (κ3) is 4.65. The molecule has 0 bridgehead atoms. The third-order valence-corrected chi connectivity index (χ3v) is 7.68. The second-order valence-corrected chi connectivity index (χ2v) is 10.7. The lowest BCUT2D eigenvalue weighted by Crippen LogP contribution is -2.37. The summed E-state index contributed by atoms with van der Waals surface area (Å²) in [5.41, 5.74) is 3.86. The maximum Gasteiger partial charge on any atom is 0.331 e.